The van der Waals surface area contributed by atoms with Crippen molar-refractivity contribution in [3.8, 4) is 0 Å². The van der Waals surface area contributed by atoms with Crippen LogP contribution in [0, 0.1) is 0 Å². The molecule has 0 spiro atoms. The Labute approximate surface area is 95.2 Å². The summed E-state index contributed by atoms with van der Waals surface area (Å²) in [4.78, 5) is 17.2. The Balaban J connectivity index is 2.67. The second-order valence-electron chi connectivity index (χ2n) is 3.51. The zero-order valence-electron chi connectivity index (χ0n) is 8.31. The van der Waals surface area contributed by atoms with Crippen molar-refractivity contribution in [3.63, 3.8) is 0 Å². The van der Waals surface area contributed by atoms with Crippen molar-refractivity contribution in [2.24, 2.45) is 0 Å². The van der Waals surface area contributed by atoms with Crippen LogP contribution in [-0.2, 0) is 0 Å². The summed E-state index contributed by atoms with van der Waals surface area (Å²) >= 11 is 1.49. The van der Waals surface area contributed by atoms with E-state index in [1.807, 2.05) is 12.1 Å². The monoisotopic (exact) mass is 228 g/mol. The van der Waals surface area contributed by atoms with E-state index in [4.69, 9.17) is 5.73 Å². The van der Waals surface area contributed by atoms with E-state index in [2.05, 4.69) is 4.98 Å². The summed E-state index contributed by atoms with van der Waals surface area (Å²) in [5.74, 6) is 0. The van der Waals surface area contributed by atoms with Gasteiger partial charge in [0.05, 0.1) is 10.8 Å². The lowest BCUT2D eigenvalue weighted by Gasteiger charge is -2.01. The molecular weight excluding hydrogens is 220 g/mol. The fourth-order valence-corrected chi connectivity index (χ4v) is 2.81. The van der Waals surface area contributed by atoms with Gasteiger partial charge in [0.25, 0.3) is 0 Å². The molecule has 1 aromatic carbocycles. The first-order valence-electron chi connectivity index (χ1n) is 4.83. The van der Waals surface area contributed by atoms with Gasteiger partial charge in [-0.25, -0.2) is 4.98 Å². The number of hydrogen-bond acceptors (Lipinski definition) is 4. The van der Waals surface area contributed by atoms with E-state index in [0.717, 1.165) is 9.53 Å². The van der Waals surface area contributed by atoms with Gasteiger partial charge in [0.1, 0.15) is 4.83 Å². The van der Waals surface area contributed by atoms with Gasteiger partial charge in [-0.05, 0) is 24.3 Å². The van der Waals surface area contributed by atoms with Crippen molar-refractivity contribution in [3.05, 3.63) is 46.8 Å². The summed E-state index contributed by atoms with van der Waals surface area (Å²) < 4.78 is 0.885. The summed E-state index contributed by atoms with van der Waals surface area (Å²) in [7, 11) is 0. The molecule has 0 saturated heterocycles. The topological polar surface area (TPSA) is 56.0 Å². The van der Waals surface area contributed by atoms with Crippen molar-refractivity contribution in [2.75, 3.05) is 5.73 Å². The maximum absolute atomic E-state index is 12.2. The first-order valence-corrected chi connectivity index (χ1v) is 5.65. The van der Waals surface area contributed by atoms with Gasteiger partial charge in [-0.15, -0.1) is 11.3 Å². The predicted octanol–water partition coefficient (Wildman–Crippen LogP) is 2.39. The van der Waals surface area contributed by atoms with Gasteiger partial charge in [-0.3, -0.25) is 4.79 Å². The van der Waals surface area contributed by atoms with Crippen LogP contribution < -0.4 is 11.2 Å². The highest BCUT2D eigenvalue weighted by Gasteiger charge is 2.07. The maximum atomic E-state index is 12.2. The average molecular weight is 228 g/mol. The number of fused-ring (bicyclic) bond motifs is 2. The third-order valence-corrected chi connectivity index (χ3v) is 3.59. The van der Waals surface area contributed by atoms with E-state index in [9.17, 15) is 4.79 Å². The molecule has 16 heavy (non-hydrogen) atoms. The molecule has 3 aromatic rings. The van der Waals surface area contributed by atoms with Crippen molar-refractivity contribution >= 4 is 37.3 Å². The Morgan fingerprint density at radius 2 is 2.06 bits per heavy atom. The molecule has 3 rings (SSSR count). The molecule has 4 heteroatoms. The number of benzene rings is 1. The number of nitrogen functional groups attached to an aromatic ring is 1. The number of anilines is 1. The summed E-state index contributed by atoms with van der Waals surface area (Å²) in [5.41, 5.74) is 6.33. The first-order chi connectivity index (χ1) is 7.77. The second-order valence-corrected chi connectivity index (χ2v) is 4.54. The number of aromatic nitrogens is 1. The van der Waals surface area contributed by atoms with Gasteiger partial charge in [0, 0.05) is 16.6 Å². The number of nitrogens with zero attached hydrogens (tertiary/aromatic N) is 1. The molecule has 2 heterocycles. The van der Waals surface area contributed by atoms with Crippen LogP contribution in [0.4, 0.5) is 5.69 Å². The van der Waals surface area contributed by atoms with Crippen LogP contribution in [0.3, 0.4) is 0 Å². The molecule has 0 amide bonds. The molecule has 0 saturated carbocycles. The lowest BCUT2D eigenvalue weighted by Crippen LogP contribution is -2.04. The largest absolute Gasteiger partial charge is 0.398 e. The maximum Gasteiger partial charge on any atom is 0.199 e. The van der Waals surface area contributed by atoms with Crippen LogP contribution in [0.15, 0.2) is 41.3 Å². The van der Waals surface area contributed by atoms with Crippen LogP contribution in [-0.4, -0.2) is 4.98 Å². The van der Waals surface area contributed by atoms with Crippen LogP contribution in [0.5, 0.6) is 0 Å². The van der Waals surface area contributed by atoms with Gasteiger partial charge in [-0.1, -0.05) is 6.07 Å². The summed E-state index contributed by atoms with van der Waals surface area (Å²) in [5, 5.41) is 1.24. The van der Waals surface area contributed by atoms with E-state index in [-0.39, 0.29) is 5.43 Å². The van der Waals surface area contributed by atoms with Crippen molar-refractivity contribution < 1.29 is 0 Å². The number of hydrogen-bond donors (Lipinski definition) is 1. The highest BCUT2D eigenvalue weighted by Crippen LogP contribution is 2.25. The van der Waals surface area contributed by atoms with Crippen molar-refractivity contribution in [2.45, 2.75) is 0 Å². The van der Waals surface area contributed by atoms with E-state index in [1.54, 1.807) is 24.4 Å². The fraction of sp³-hybridized carbons (Fsp3) is 0. The molecular formula is C12H8N2OS. The highest BCUT2D eigenvalue weighted by atomic mass is 32.1. The summed E-state index contributed by atoms with van der Waals surface area (Å²) in [6.45, 7) is 0. The first kappa shape index (κ1) is 9.30. The summed E-state index contributed by atoms with van der Waals surface area (Å²) in [6.07, 6.45) is 1.69. The zero-order valence-corrected chi connectivity index (χ0v) is 9.12. The van der Waals surface area contributed by atoms with E-state index >= 15 is 0 Å². The van der Waals surface area contributed by atoms with Crippen LogP contribution >= 0.6 is 11.3 Å². The van der Waals surface area contributed by atoms with Crippen LogP contribution in [0.1, 0.15) is 0 Å². The second kappa shape index (κ2) is 3.28. The van der Waals surface area contributed by atoms with Crippen LogP contribution in [0.2, 0.25) is 0 Å². The molecule has 78 valence electrons. The van der Waals surface area contributed by atoms with Crippen LogP contribution in [0.25, 0.3) is 20.3 Å². The van der Waals surface area contributed by atoms with Crippen molar-refractivity contribution in [1.82, 2.24) is 4.98 Å². The van der Waals surface area contributed by atoms with E-state index in [0.29, 0.717) is 16.5 Å². The normalized spacial score (nSPS) is 11.0. The molecule has 0 fully saturated rings. The molecule has 2 N–H and O–H groups in total. The predicted molar refractivity (Wildman–Crippen MR) is 67.8 cm³/mol. The number of nitrogens with two attached hydrogens (primary N) is 1. The zero-order chi connectivity index (χ0) is 11.1. The quantitative estimate of drug-likeness (QED) is 0.475. The Hall–Kier alpha value is -1.94. The molecule has 0 aliphatic rings. The van der Waals surface area contributed by atoms with Gasteiger partial charge in [0.2, 0.25) is 0 Å². The van der Waals surface area contributed by atoms with Gasteiger partial charge in [0.15, 0.2) is 5.43 Å². The SMILES string of the molecule is Nc1cccc2sc3ncccc3c(=O)c12. The Morgan fingerprint density at radius 3 is 2.94 bits per heavy atom. The highest BCUT2D eigenvalue weighted by molar-refractivity contribution is 7.24. The third-order valence-electron chi connectivity index (χ3n) is 2.51. The minimum atomic E-state index is -0.0325. The molecule has 2 aromatic heterocycles. The standard InChI is InChI=1S/C12H8N2OS/c13-8-4-1-5-9-10(8)11(15)7-3-2-6-14-12(7)16-9/h1-6H,13H2. The average Bonchev–Trinajstić information content (AvgIpc) is 2.29. The minimum Gasteiger partial charge on any atom is -0.398 e. The van der Waals surface area contributed by atoms with Gasteiger partial charge < -0.3 is 5.73 Å². The van der Waals surface area contributed by atoms with Crippen molar-refractivity contribution in [1.29, 1.82) is 0 Å². The number of pyridine rings is 1. The molecule has 0 unspecified atom stereocenters. The Bertz CT molecular complexity index is 749. The molecule has 0 aliphatic heterocycles. The lowest BCUT2D eigenvalue weighted by molar-refractivity contribution is 1.44. The van der Waals surface area contributed by atoms with E-state index < -0.39 is 0 Å². The lowest BCUT2D eigenvalue weighted by atomic mass is 10.2. The van der Waals surface area contributed by atoms with E-state index in [1.165, 1.54) is 11.3 Å². The Kier molecular flexibility index (Phi) is 1.91. The smallest absolute Gasteiger partial charge is 0.199 e. The minimum absolute atomic E-state index is 0.0325. The molecule has 0 aliphatic carbocycles. The Morgan fingerprint density at radius 1 is 1.19 bits per heavy atom. The molecule has 0 bridgehead atoms. The molecule has 0 radical (unpaired) electrons. The van der Waals surface area contributed by atoms with Gasteiger partial charge in [-0.2, -0.15) is 0 Å². The number of rotatable bonds is 0. The van der Waals surface area contributed by atoms with Gasteiger partial charge >= 0.3 is 0 Å². The third kappa shape index (κ3) is 1.20. The summed E-state index contributed by atoms with van der Waals surface area (Å²) in [6, 6.07) is 9.04. The fourth-order valence-electron chi connectivity index (χ4n) is 1.76. The molecule has 3 nitrogen and oxygen atoms in total. The molecule has 0 atom stereocenters.